The van der Waals surface area contributed by atoms with Gasteiger partial charge in [-0.2, -0.15) is 0 Å². The predicted octanol–water partition coefficient (Wildman–Crippen LogP) is 10.2. The Morgan fingerprint density at radius 3 is 2.19 bits per heavy atom. The van der Waals surface area contributed by atoms with Crippen LogP contribution in [0.2, 0.25) is 0 Å². The molecule has 3 atom stereocenters. The Hall–Kier alpha value is -4.08. The number of morpholine rings is 1. The highest BCUT2D eigenvalue weighted by Gasteiger charge is 2.54. The summed E-state index contributed by atoms with van der Waals surface area (Å²) in [6, 6.07) is 29.0. The van der Waals surface area contributed by atoms with E-state index in [1.165, 1.54) is 72.5 Å². The minimum absolute atomic E-state index is 0.125. The van der Waals surface area contributed by atoms with E-state index >= 15 is 0 Å². The van der Waals surface area contributed by atoms with Crippen LogP contribution in [0.3, 0.4) is 0 Å². The fraction of sp³-hybridized carbons (Fsp3) is 0.364. The van der Waals surface area contributed by atoms with Gasteiger partial charge in [0.15, 0.2) is 5.60 Å². The van der Waals surface area contributed by atoms with E-state index in [0.717, 1.165) is 43.2 Å². The molecule has 1 spiro atoms. The number of fused-ring (bicyclic) bond motifs is 10. The van der Waals surface area contributed by atoms with Crippen molar-refractivity contribution in [3.8, 4) is 5.75 Å². The summed E-state index contributed by atoms with van der Waals surface area (Å²) in [5, 5.41) is 2.57. The Kier molecular flexibility index (Phi) is 7.16. The van der Waals surface area contributed by atoms with Crippen LogP contribution in [0.15, 0.2) is 103 Å². The SMILES string of the molecule is CC1C=CC=C2c3c(c4c(c5ccccc35)OC(c3ccccc3)(c3ccc(N5CCOCC5)cc3)C=C4)C3(CCCCCCC3)C21. The first kappa shape index (κ1) is 29.1. The van der Waals surface area contributed by atoms with Crippen LogP contribution in [0, 0.1) is 11.8 Å². The molecule has 3 unspecified atom stereocenters. The number of hydrogen-bond acceptors (Lipinski definition) is 3. The van der Waals surface area contributed by atoms with Gasteiger partial charge >= 0.3 is 0 Å². The van der Waals surface area contributed by atoms with Crippen molar-refractivity contribution in [3.63, 3.8) is 0 Å². The van der Waals surface area contributed by atoms with Crippen molar-refractivity contribution in [2.75, 3.05) is 31.2 Å². The lowest BCUT2D eigenvalue weighted by molar-refractivity contribution is 0.122. The van der Waals surface area contributed by atoms with Crippen molar-refractivity contribution >= 4 is 28.1 Å². The van der Waals surface area contributed by atoms with Crippen LogP contribution in [0.5, 0.6) is 5.75 Å². The van der Waals surface area contributed by atoms with Crippen molar-refractivity contribution in [1.82, 2.24) is 0 Å². The lowest BCUT2D eigenvalue weighted by atomic mass is 9.61. The second-order valence-electron chi connectivity index (χ2n) is 14.5. The van der Waals surface area contributed by atoms with Gasteiger partial charge in [0.2, 0.25) is 0 Å². The molecular weight excluding hydrogens is 574 g/mol. The maximum atomic E-state index is 7.63. The van der Waals surface area contributed by atoms with E-state index in [-0.39, 0.29) is 5.41 Å². The third-order valence-electron chi connectivity index (χ3n) is 12.0. The molecule has 47 heavy (non-hydrogen) atoms. The Bertz CT molecular complexity index is 1890. The fourth-order valence-corrected chi connectivity index (χ4v) is 9.94. The van der Waals surface area contributed by atoms with E-state index in [0.29, 0.717) is 11.8 Å². The highest BCUT2D eigenvalue weighted by Crippen LogP contribution is 2.64. The van der Waals surface area contributed by atoms with Gasteiger partial charge < -0.3 is 14.4 Å². The highest BCUT2D eigenvalue weighted by molar-refractivity contribution is 6.05. The van der Waals surface area contributed by atoms with Gasteiger partial charge in [0.1, 0.15) is 5.75 Å². The number of benzene rings is 4. The van der Waals surface area contributed by atoms with Crippen LogP contribution < -0.4 is 9.64 Å². The van der Waals surface area contributed by atoms with Gasteiger partial charge in [-0.15, -0.1) is 0 Å². The Balaban J connectivity index is 1.27. The molecule has 0 aromatic heterocycles. The molecule has 3 aliphatic carbocycles. The molecule has 0 radical (unpaired) electrons. The fourth-order valence-electron chi connectivity index (χ4n) is 9.94. The molecule has 9 rings (SSSR count). The molecular formula is C44H45NO2. The zero-order chi connectivity index (χ0) is 31.4. The highest BCUT2D eigenvalue weighted by atomic mass is 16.5. The first-order chi connectivity index (χ1) is 23.2. The molecule has 0 amide bonds. The molecule has 238 valence electrons. The van der Waals surface area contributed by atoms with Crippen LogP contribution in [0.25, 0.3) is 22.4 Å². The van der Waals surface area contributed by atoms with Crippen LogP contribution in [0.1, 0.15) is 79.7 Å². The van der Waals surface area contributed by atoms with Crippen molar-refractivity contribution in [2.24, 2.45) is 11.8 Å². The van der Waals surface area contributed by atoms with Gasteiger partial charge in [0.25, 0.3) is 0 Å². The Morgan fingerprint density at radius 1 is 0.745 bits per heavy atom. The summed E-state index contributed by atoms with van der Waals surface area (Å²) < 4.78 is 13.3. The molecule has 2 fully saturated rings. The lowest BCUT2D eigenvalue weighted by Gasteiger charge is -2.43. The molecule has 1 saturated carbocycles. The van der Waals surface area contributed by atoms with Crippen molar-refractivity contribution in [3.05, 3.63) is 131 Å². The average Bonchev–Trinajstić information content (AvgIpc) is 3.42. The zero-order valence-electron chi connectivity index (χ0n) is 27.6. The molecule has 0 bridgehead atoms. The van der Waals surface area contributed by atoms with Crippen molar-refractivity contribution < 1.29 is 9.47 Å². The van der Waals surface area contributed by atoms with E-state index in [9.17, 15) is 0 Å². The Morgan fingerprint density at radius 2 is 1.43 bits per heavy atom. The van der Waals surface area contributed by atoms with E-state index in [1.54, 1.807) is 11.1 Å². The van der Waals surface area contributed by atoms with Crippen molar-refractivity contribution in [1.29, 1.82) is 0 Å². The largest absolute Gasteiger partial charge is 0.472 e. The molecule has 2 heterocycles. The molecule has 1 saturated heterocycles. The molecule has 3 nitrogen and oxygen atoms in total. The maximum absolute atomic E-state index is 7.63. The van der Waals surface area contributed by atoms with Crippen LogP contribution in [0.4, 0.5) is 5.69 Å². The van der Waals surface area contributed by atoms with E-state index in [1.807, 2.05) is 0 Å². The second-order valence-corrected chi connectivity index (χ2v) is 14.5. The first-order valence-corrected chi connectivity index (χ1v) is 18.0. The van der Waals surface area contributed by atoms with Crippen LogP contribution in [-0.2, 0) is 15.8 Å². The number of rotatable bonds is 3. The van der Waals surface area contributed by atoms with E-state index in [2.05, 4.69) is 121 Å². The summed E-state index contributed by atoms with van der Waals surface area (Å²) >= 11 is 0. The standard InChI is InChI=1S/C44H45NO2/c1-31-13-12-18-37-39-35-16-8-9-17-36(35)42-38(41(39)43(40(31)37)24-10-3-2-4-11-25-43)23-26-44(47-42,32-14-6-5-7-15-32)33-19-21-34(22-20-33)45-27-29-46-30-28-45/h5-9,12-23,26,31,40H,2-4,10-11,24-25,27-30H2,1H3. The molecule has 3 heteroatoms. The van der Waals surface area contributed by atoms with Gasteiger partial charge in [-0.05, 0) is 59.1 Å². The molecule has 4 aromatic carbocycles. The van der Waals surface area contributed by atoms with Gasteiger partial charge in [0.05, 0.1) is 13.2 Å². The van der Waals surface area contributed by atoms with Gasteiger partial charge in [-0.25, -0.2) is 0 Å². The van der Waals surface area contributed by atoms with Crippen LogP contribution >= 0.6 is 0 Å². The number of anilines is 1. The molecule has 0 N–H and O–H groups in total. The lowest BCUT2D eigenvalue weighted by Crippen LogP contribution is -2.38. The monoisotopic (exact) mass is 619 g/mol. The summed E-state index contributed by atoms with van der Waals surface area (Å²) in [7, 11) is 0. The quantitative estimate of drug-likeness (QED) is 0.228. The normalized spacial score (nSPS) is 26.1. The van der Waals surface area contributed by atoms with Crippen LogP contribution in [-0.4, -0.2) is 26.3 Å². The molecule has 5 aliphatic rings. The topological polar surface area (TPSA) is 21.7 Å². The molecule has 4 aromatic rings. The smallest absolute Gasteiger partial charge is 0.178 e. The summed E-state index contributed by atoms with van der Waals surface area (Å²) in [4.78, 5) is 2.42. The summed E-state index contributed by atoms with van der Waals surface area (Å²) in [5.41, 5.74) is 8.88. The number of hydrogen-bond donors (Lipinski definition) is 0. The predicted molar refractivity (Wildman–Crippen MR) is 194 cm³/mol. The summed E-state index contributed by atoms with van der Waals surface area (Å²) in [5.74, 6) is 2.07. The number of nitrogens with zero attached hydrogens (tertiary/aromatic N) is 1. The minimum Gasteiger partial charge on any atom is -0.472 e. The minimum atomic E-state index is -0.734. The van der Waals surface area contributed by atoms with Crippen molar-refractivity contribution in [2.45, 2.75) is 62.9 Å². The summed E-state index contributed by atoms with van der Waals surface area (Å²) in [6.45, 7) is 5.88. The van der Waals surface area contributed by atoms with Gasteiger partial charge in [0, 0.05) is 52.2 Å². The second kappa shape index (κ2) is 11.6. The summed E-state index contributed by atoms with van der Waals surface area (Å²) in [6.07, 6.45) is 21.2. The van der Waals surface area contributed by atoms with E-state index < -0.39 is 5.60 Å². The van der Waals surface area contributed by atoms with Gasteiger partial charge in [-0.3, -0.25) is 0 Å². The Labute approximate surface area is 279 Å². The molecule has 2 aliphatic heterocycles. The zero-order valence-corrected chi connectivity index (χ0v) is 27.6. The third kappa shape index (κ3) is 4.49. The van der Waals surface area contributed by atoms with E-state index in [4.69, 9.17) is 9.47 Å². The first-order valence-electron chi connectivity index (χ1n) is 18.0. The third-order valence-corrected chi connectivity index (χ3v) is 12.0. The average molecular weight is 620 g/mol. The number of ether oxygens (including phenoxy) is 2. The maximum Gasteiger partial charge on any atom is 0.178 e. The number of allylic oxidation sites excluding steroid dienone is 4. The van der Waals surface area contributed by atoms with Gasteiger partial charge in [-0.1, -0.05) is 130 Å².